The van der Waals surface area contributed by atoms with Gasteiger partial charge in [0.2, 0.25) is 0 Å². The predicted octanol–water partition coefficient (Wildman–Crippen LogP) is 14.3. The van der Waals surface area contributed by atoms with E-state index < -0.39 is 0 Å². The number of nitrogens with zero attached hydrogens (tertiary/aromatic N) is 8. The minimum absolute atomic E-state index is 0. The Morgan fingerprint density at radius 2 is 0.944 bits per heavy atom. The van der Waals surface area contributed by atoms with Crippen LogP contribution in [0.3, 0.4) is 0 Å². The number of rotatable bonds is 6. The van der Waals surface area contributed by atoms with Gasteiger partial charge in [-0.3, -0.25) is 4.99 Å². The Labute approximate surface area is 413 Å². The molecule has 15 heteroatoms. The zero-order valence-corrected chi connectivity index (χ0v) is 40.4. The zero-order chi connectivity index (χ0) is 49.2. The van der Waals surface area contributed by atoms with Crippen molar-refractivity contribution < 1.29 is 30.9 Å². The molecule has 0 saturated carbocycles. The van der Waals surface area contributed by atoms with E-state index in [0.717, 1.165) is 93.7 Å². The summed E-state index contributed by atoms with van der Waals surface area (Å²) in [5.41, 5.74) is 11.6. The van der Waals surface area contributed by atoms with Crippen LogP contribution in [0.4, 0.5) is 0 Å². The van der Waals surface area contributed by atoms with Gasteiger partial charge in [0.05, 0.1) is 12.2 Å². The normalized spacial score (nSPS) is 12.6. The smallest absolute Gasteiger partial charge is 0.192 e. The summed E-state index contributed by atoms with van der Waals surface area (Å²) < 4.78 is 35.9. The van der Waals surface area contributed by atoms with Crippen LogP contribution in [0.2, 0.25) is 0 Å². The minimum atomic E-state index is 0. The largest absolute Gasteiger partial charge is 0.451 e. The second-order valence-corrected chi connectivity index (χ2v) is 15.6. The minimum Gasteiger partial charge on any atom is -0.451 e. The van der Waals surface area contributed by atoms with Crippen LogP contribution < -0.4 is 0 Å². The van der Waals surface area contributed by atoms with E-state index >= 15 is 0 Å². The highest BCUT2D eigenvalue weighted by Crippen LogP contribution is 2.32. The third-order valence-corrected chi connectivity index (χ3v) is 10.2. The second-order valence-electron chi connectivity index (χ2n) is 15.6. The van der Waals surface area contributed by atoms with Crippen molar-refractivity contribution in [2.24, 2.45) is 4.99 Å². The fourth-order valence-corrected chi connectivity index (χ4v) is 6.77. The molecule has 0 N–H and O–H groups in total. The SMILES string of the molecule is C.Cc1nc(-c2ccccc2)c(-c2ccccc2)o1.Cc1nc(-c2cocn2)co1.Cc1nc(C)c(C)o1.Cc1nc(C2=CCC=C2)co1.Cc1nc(C2=CCC=C2)co1.Cc1nc(C2=CCN=C2)co1. The molecule has 3 aliphatic rings. The first-order valence-electron chi connectivity index (χ1n) is 22.5. The third kappa shape index (κ3) is 15.1. The van der Waals surface area contributed by atoms with Gasteiger partial charge in [-0.05, 0) is 37.8 Å². The van der Waals surface area contributed by atoms with E-state index in [4.69, 9.17) is 30.9 Å². The molecule has 9 aromatic rings. The molecular formula is C56H58N8O7. The van der Waals surface area contributed by atoms with Gasteiger partial charge in [0.25, 0.3) is 0 Å². The predicted molar refractivity (Wildman–Crippen MR) is 275 cm³/mol. The molecule has 0 unspecified atom stereocenters. The van der Waals surface area contributed by atoms with Gasteiger partial charge >= 0.3 is 0 Å². The van der Waals surface area contributed by atoms with Crippen LogP contribution in [-0.2, 0) is 0 Å². The maximum Gasteiger partial charge on any atom is 0.192 e. The van der Waals surface area contributed by atoms with Crippen molar-refractivity contribution in [2.75, 3.05) is 6.54 Å². The molecule has 12 rings (SSSR count). The Hall–Kier alpha value is -8.72. The van der Waals surface area contributed by atoms with Crippen LogP contribution in [0.1, 0.15) is 84.1 Å². The molecule has 2 aliphatic carbocycles. The summed E-state index contributed by atoms with van der Waals surface area (Å²) in [4.78, 5) is 33.1. The number of benzene rings is 2. The molecule has 8 heterocycles. The summed E-state index contributed by atoms with van der Waals surface area (Å²) in [6.07, 6.45) is 28.0. The molecule has 1 aliphatic heterocycles. The number of allylic oxidation sites excluding steroid dienone is 9. The summed E-state index contributed by atoms with van der Waals surface area (Å²) >= 11 is 0. The van der Waals surface area contributed by atoms with Crippen LogP contribution in [0.5, 0.6) is 0 Å². The van der Waals surface area contributed by atoms with Crippen LogP contribution in [0, 0.1) is 55.4 Å². The van der Waals surface area contributed by atoms with E-state index in [1.807, 2.05) is 121 Å². The molecule has 364 valence electrons. The van der Waals surface area contributed by atoms with E-state index in [0.29, 0.717) is 29.1 Å². The average Bonchev–Trinajstić information content (AvgIpc) is 4.20. The molecule has 71 heavy (non-hydrogen) atoms. The van der Waals surface area contributed by atoms with E-state index in [1.54, 1.807) is 32.0 Å². The van der Waals surface area contributed by atoms with E-state index in [-0.39, 0.29) is 7.43 Å². The molecule has 7 aromatic heterocycles. The van der Waals surface area contributed by atoms with Gasteiger partial charge < -0.3 is 30.9 Å². The summed E-state index contributed by atoms with van der Waals surface area (Å²) in [5.74, 6) is 5.96. The summed E-state index contributed by atoms with van der Waals surface area (Å²) in [7, 11) is 0. The molecule has 0 bridgehead atoms. The Bertz CT molecular complexity index is 2990. The van der Waals surface area contributed by atoms with Crippen LogP contribution in [0.25, 0.3) is 50.7 Å². The van der Waals surface area contributed by atoms with Gasteiger partial charge in [-0.25, -0.2) is 34.9 Å². The molecule has 2 aromatic carbocycles. The zero-order valence-electron chi connectivity index (χ0n) is 40.4. The van der Waals surface area contributed by atoms with Gasteiger partial charge in [0, 0.05) is 64.5 Å². The Balaban J connectivity index is 0.000000142. The number of aromatic nitrogens is 7. The van der Waals surface area contributed by atoms with Crippen molar-refractivity contribution in [3.8, 4) is 34.0 Å². The highest BCUT2D eigenvalue weighted by Gasteiger charge is 2.15. The first-order chi connectivity index (χ1) is 34.0. The molecule has 0 fully saturated rings. The molecular weight excluding hydrogens is 897 g/mol. The average molecular weight is 955 g/mol. The first-order valence-corrected chi connectivity index (χ1v) is 22.5. The van der Waals surface area contributed by atoms with Gasteiger partial charge in [-0.1, -0.05) is 111 Å². The van der Waals surface area contributed by atoms with Crippen molar-refractivity contribution >= 4 is 22.9 Å². The van der Waals surface area contributed by atoms with Gasteiger partial charge in [-0.15, -0.1) is 0 Å². The fourth-order valence-electron chi connectivity index (χ4n) is 6.77. The number of aliphatic imine (C=N–C) groups is 1. The van der Waals surface area contributed by atoms with Crippen LogP contribution in [0.15, 0.2) is 177 Å². The fraction of sp³-hybridized carbons (Fsp3) is 0.214. The molecule has 0 spiro atoms. The number of oxazole rings is 7. The lowest BCUT2D eigenvalue weighted by Gasteiger charge is -2.00. The number of hydrogen-bond donors (Lipinski definition) is 0. The third-order valence-electron chi connectivity index (χ3n) is 10.2. The topological polar surface area (TPSA) is 195 Å². The number of aryl methyl sites for hydroxylation is 8. The summed E-state index contributed by atoms with van der Waals surface area (Å²) in [5, 5.41) is 0. The van der Waals surface area contributed by atoms with Crippen molar-refractivity contribution in [2.45, 2.75) is 75.7 Å². The van der Waals surface area contributed by atoms with Crippen LogP contribution in [-0.4, -0.2) is 47.6 Å². The van der Waals surface area contributed by atoms with E-state index in [9.17, 15) is 0 Å². The van der Waals surface area contributed by atoms with Gasteiger partial charge in [0.15, 0.2) is 47.5 Å². The van der Waals surface area contributed by atoms with Crippen LogP contribution >= 0.6 is 0 Å². The highest BCUT2D eigenvalue weighted by molar-refractivity contribution is 6.10. The molecule has 0 radical (unpaired) electrons. The lowest BCUT2D eigenvalue weighted by Crippen LogP contribution is -1.82. The molecule has 15 nitrogen and oxygen atoms in total. The van der Waals surface area contributed by atoms with E-state index in [2.05, 4.69) is 76.3 Å². The lowest BCUT2D eigenvalue weighted by atomic mass is 10.1. The Kier molecular flexibility index (Phi) is 18.6. The monoisotopic (exact) mass is 954 g/mol. The molecule has 0 saturated heterocycles. The first kappa shape index (κ1) is 51.7. The van der Waals surface area contributed by atoms with E-state index in [1.165, 1.54) is 23.8 Å². The Morgan fingerprint density at radius 3 is 1.32 bits per heavy atom. The van der Waals surface area contributed by atoms with Gasteiger partial charge in [-0.2, -0.15) is 0 Å². The van der Waals surface area contributed by atoms with Crippen molar-refractivity contribution in [1.82, 2.24) is 34.9 Å². The maximum absolute atomic E-state index is 5.74. The summed E-state index contributed by atoms with van der Waals surface area (Å²) in [6, 6.07) is 20.2. The quantitative estimate of drug-likeness (QED) is 0.153. The van der Waals surface area contributed by atoms with Crippen molar-refractivity contribution in [3.05, 3.63) is 205 Å². The molecule has 0 atom stereocenters. The standard InChI is InChI=1S/C16H13NO.2C9H9NO.C8H8N2O.C7H6N2O2.C6H9NO.CH4/c1-12-17-15(13-8-4-2-5-9-13)16(18-12)14-10-6-3-7-11-14;2*1-7-10-9(6-11-7)8-4-2-3-5-8;1-6-10-8(5-11-6)7-2-3-9-4-7;1-5-9-7(3-11-5)6-2-10-4-8-6;1-4-5(2)8-6(3)7-4;/h2-11H,1H3;2*2,4-6H,3H2,1H3;2,4-5H,3H2,1H3;2-4H,1H3;1-3H3;1H4. The highest BCUT2D eigenvalue weighted by atomic mass is 16.4. The van der Waals surface area contributed by atoms with Crippen molar-refractivity contribution in [3.63, 3.8) is 0 Å². The second kappa shape index (κ2) is 25.6. The lowest BCUT2D eigenvalue weighted by molar-refractivity contribution is 0.493. The van der Waals surface area contributed by atoms with Crippen molar-refractivity contribution in [1.29, 1.82) is 0 Å². The maximum atomic E-state index is 5.74. The number of hydrogen-bond acceptors (Lipinski definition) is 15. The molecule has 0 amide bonds. The summed E-state index contributed by atoms with van der Waals surface area (Å²) in [6.45, 7) is 15.6. The van der Waals surface area contributed by atoms with Gasteiger partial charge in [0.1, 0.15) is 71.2 Å². The Morgan fingerprint density at radius 1 is 0.451 bits per heavy atom.